The van der Waals surface area contributed by atoms with Gasteiger partial charge in [-0.25, -0.2) is 4.39 Å². The van der Waals surface area contributed by atoms with Gasteiger partial charge in [-0.3, -0.25) is 0 Å². The van der Waals surface area contributed by atoms with Crippen molar-refractivity contribution in [2.45, 2.75) is 45.1 Å². The van der Waals surface area contributed by atoms with E-state index in [1.165, 1.54) is 12.5 Å². The first-order valence-corrected chi connectivity index (χ1v) is 7.20. The molecule has 0 heterocycles. The van der Waals surface area contributed by atoms with Gasteiger partial charge in [0.15, 0.2) is 0 Å². The normalized spacial score (nSPS) is 27.5. The van der Waals surface area contributed by atoms with Gasteiger partial charge < -0.3 is 10.4 Å². The Kier molecular flexibility index (Phi) is 4.46. The van der Waals surface area contributed by atoms with Gasteiger partial charge in [0.05, 0.1) is 17.8 Å². The van der Waals surface area contributed by atoms with E-state index in [2.05, 4.69) is 19.2 Å². The van der Waals surface area contributed by atoms with Crippen LogP contribution in [-0.4, -0.2) is 17.3 Å². The number of rotatable bonds is 4. The molecule has 1 aromatic rings. The maximum Gasteiger partial charge on any atom is 0.146 e. The minimum atomic E-state index is -0.366. The summed E-state index contributed by atoms with van der Waals surface area (Å²) >= 11 is 0. The first-order valence-electron chi connectivity index (χ1n) is 7.20. The molecule has 2 atom stereocenters. The summed E-state index contributed by atoms with van der Waals surface area (Å²) in [6.45, 7) is 4.51. The van der Waals surface area contributed by atoms with E-state index in [1.54, 1.807) is 12.1 Å². The van der Waals surface area contributed by atoms with Crippen molar-refractivity contribution >= 4 is 5.69 Å². The fourth-order valence-corrected chi connectivity index (χ4v) is 3.12. The Labute approximate surface area is 115 Å². The molecule has 3 heteroatoms. The lowest BCUT2D eigenvalue weighted by Gasteiger charge is -2.42. The molecule has 2 unspecified atom stereocenters. The molecule has 1 saturated carbocycles. The number of nitrogens with one attached hydrogen (secondary N) is 1. The molecule has 2 nitrogen and oxygen atoms in total. The summed E-state index contributed by atoms with van der Waals surface area (Å²) in [6.07, 6.45) is 4.11. The van der Waals surface area contributed by atoms with E-state index >= 15 is 0 Å². The van der Waals surface area contributed by atoms with Crippen LogP contribution in [0.5, 0.6) is 0 Å². The van der Waals surface area contributed by atoms with Crippen LogP contribution < -0.4 is 5.32 Å². The first-order chi connectivity index (χ1) is 9.06. The Morgan fingerprint density at radius 3 is 2.79 bits per heavy atom. The lowest BCUT2D eigenvalue weighted by Crippen LogP contribution is -2.47. The maximum absolute atomic E-state index is 13.8. The van der Waals surface area contributed by atoms with Crippen molar-refractivity contribution in [1.82, 2.24) is 0 Å². The molecule has 1 fully saturated rings. The van der Waals surface area contributed by atoms with Gasteiger partial charge in [-0.15, -0.1) is 0 Å². The standard InChI is InChI=1S/C16H24FNO/c1-12(2)13-6-5-9-16(10-13,11-19)18-15-8-4-3-7-14(15)17/h3-4,7-8,12-13,18-19H,5-6,9-11H2,1-2H3. The van der Waals surface area contributed by atoms with E-state index in [1.807, 2.05) is 6.07 Å². The molecule has 0 aromatic heterocycles. The fraction of sp³-hybridized carbons (Fsp3) is 0.625. The SMILES string of the molecule is CC(C)C1CCCC(CO)(Nc2ccccc2F)C1. The van der Waals surface area contributed by atoms with Crippen molar-refractivity contribution in [2.24, 2.45) is 11.8 Å². The number of anilines is 1. The second kappa shape index (κ2) is 5.91. The highest BCUT2D eigenvalue weighted by Gasteiger charge is 2.37. The van der Waals surface area contributed by atoms with E-state index in [-0.39, 0.29) is 18.0 Å². The third kappa shape index (κ3) is 3.27. The highest BCUT2D eigenvalue weighted by molar-refractivity contribution is 5.47. The zero-order chi connectivity index (χ0) is 13.9. The molecule has 0 amide bonds. The molecule has 0 bridgehead atoms. The summed E-state index contributed by atoms with van der Waals surface area (Å²) < 4.78 is 13.8. The van der Waals surface area contributed by atoms with E-state index in [4.69, 9.17) is 0 Å². The third-order valence-electron chi connectivity index (χ3n) is 4.40. The average molecular weight is 265 g/mol. The maximum atomic E-state index is 13.8. The molecule has 106 valence electrons. The molecule has 19 heavy (non-hydrogen) atoms. The van der Waals surface area contributed by atoms with Crippen LogP contribution in [0.2, 0.25) is 0 Å². The van der Waals surface area contributed by atoms with Crippen molar-refractivity contribution in [1.29, 1.82) is 0 Å². The Hall–Kier alpha value is -1.09. The monoisotopic (exact) mass is 265 g/mol. The molecule has 0 spiro atoms. The molecule has 0 aliphatic heterocycles. The summed E-state index contributed by atoms with van der Waals surface area (Å²) in [5, 5.41) is 13.1. The van der Waals surface area contributed by atoms with Crippen LogP contribution in [-0.2, 0) is 0 Å². The lowest BCUT2D eigenvalue weighted by atomic mass is 9.72. The second-order valence-electron chi connectivity index (χ2n) is 6.14. The van der Waals surface area contributed by atoms with Crippen LogP contribution in [0.15, 0.2) is 24.3 Å². The third-order valence-corrected chi connectivity index (χ3v) is 4.40. The number of aliphatic hydroxyl groups is 1. The van der Waals surface area contributed by atoms with Crippen molar-refractivity contribution in [3.63, 3.8) is 0 Å². The minimum absolute atomic E-state index is 0.0601. The highest BCUT2D eigenvalue weighted by Crippen LogP contribution is 2.38. The predicted molar refractivity (Wildman–Crippen MR) is 76.6 cm³/mol. The highest BCUT2D eigenvalue weighted by atomic mass is 19.1. The Balaban J connectivity index is 2.16. The Bertz CT molecular complexity index is 421. The van der Waals surface area contributed by atoms with Crippen molar-refractivity contribution < 1.29 is 9.50 Å². The number of hydrogen-bond donors (Lipinski definition) is 2. The van der Waals surface area contributed by atoms with Crippen LogP contribution in [0, 0.1) is 17.7 Å². The quantitative estimate of drug-likeness (QED) is 0.867. The number of halogens is 1. The summed E-state index contributed by atoms with van der Waals surface area (Å²) in [5.41, 5.74) is 0.135. The molecule has 0 radical (unpaired) electrons. The summed E-state index contributed by atoms with van der Waals surface area (Å²) in [5.74, 6) is 0.954. The smallest absolute Gasteiger partial charge is 0.146 e. The van der Waals surface area contributed by atoms with Gasteiger partial charge in [0, 0.05) is 0 Å². The van der Waals surface area contributed by atoms with Crippen LogP contribution in [0.1, 0.15) is 39.5 Å². The van der Waals surface area contributed by atoms with E-state index in [0.29, 0.717) is 17.5 Å². The van der Waals surface area contributed by atoms with Crippen LogP contribution >= 0.6 is 0 Å². The Morgan fingerprint density at radius 2 is 2.16 bits per heavy atom. The molecule has 1 aromatic carbocycles. The number of aliphatic hydroxyl groups excluding tert-OH is 1. The van der Waals surface area contributed by atoms with Gasteiger partial charge >= 0.3 is 0 Å². The molecule has 2 rings (SSSR count). The summed E-state index contributed by atoms with van der Waals surface area (Å²) in [4.78, 5) is 0. The molecule has 1 aliphatic carbocycles. The zero-order valence-corrected chi connectivity index (χ0v) is 11.8. The van der Waals surface area contributed by atoms with Crippen LogP contribution in [0.25, 0.3) is 0 Å². The zero-order valence-electron chi connectivity index (χ0n) is 11.8. The topological polar surface area (TPSA) is 32.3 Å². The molecule has 2 N–H and O–H groups in total. The summed E-state index contributed by atoms with van der Waals surface area (Å²) in [6, 6.07) is 6.70. The predicted octanol–water partition coefficient (Wildman–Crippen LogP) is 3.81. The van der Waals surface area contributed by atoms with Gasteiger partial charge in [-0.2, -0.15) is 0 Å². The van der Waals surface area contributed by atoms with Gasteiger partial charge in [0.1, 0.15) is 5.82 Å². The Morgan fingerprint density at radius 1 is 1.42 bits per heavy atom. The second-order valence-corrected chi connectivity index (χ2v) is 6.14. The summed E-state index contributed by atoms with van der Waals surface area (Å²) in [7, 11) is 0. The minimum Gasteiger partial charge on any atom is -0.394 e. The van der Waals surface area contributed by atoms with Gasteiger partial charge in [0.25, 0.3) is 0 Å². The van der Waals surface area contributed by atoms with Crippen molar-refractivity contribution in [3.05, 3.63) is 30.1 Å². The molecule has 0 saturated heterocycles. The number of para-hydroxylation sites is 1. The van der Waals surface area contributed by atoms with Crippen molar-refractivity contribution in [3.8, 4) is 0 Å². The van der Waals surface area contributed by atoms with Crippen LogP contribution in [0.3, 0.4) is 0 Å². The first kappa shape index (κ1) is 14.3. The molecular formula is C16H24FNO. The van der Waals surface area contributed by atoms with E-state index in [0.717, 1.165) is 19.3 Å². The van der Waals surface area contributed by atoms with E-state index < -0.39 is 0 Å². The van der Waals surface area contributed by atoms with Crippen LogP contribution in [0.4, 0.5) is 10.1 Å². The molecule has 1 aliphatic rings. The average Bonchev–Trinajstić information content (AvgIpc) is 2.42. The number of hydrogen-bond acceptors (Lipinski definition) is 2. The lowest BCUT2D eigenvalue weighted by molar-refractivity contribution is 0.126. The largest absolute Gasteiger partial charge is 0.394 e. The van der Waals surface area contributed by atoms with Gasteiger partial charge in [-0.05, 0) is 36.8 Å². The fourth-order valence-electron chi connectivity index (χ4n) is 3.12. The van der Waals surface area contributed by atoms with Gasteiger partial charge in [-0.1, -0.05) is 38.8 Å². The van der Waals surface area contributed by atoms with E-state index in [9.17, 15) is 9.50 Å². The van der Waals surface area contributed by atoms with Gasteiger partial charge in [0.2, 0.25) is 0 Å². The number of benzene rings is 1. The van der Waals surface area contributed by atoms with Crippen molar-refractivity contribution in [2.75, 3.05) is 11.9 Å². The molecular weight excluding hydrogens is 241 g/mol.